The molecular formula is C26H28F3N3O5S. The van der Waals surface area contributed by atoms with E-state index in [1.54, 1.807) is 25.1 Å². The second-order valence-corrected chi connectivity index (χ2v) is 9.76. The summed E-state index contributed by atoms with van der Waals surface area (Å²) in [6.45, 7) is 5.38. The number of methoxy groups -OCH3 is 1. The zero-order valence-corrected chi connectivity index (χ0v) is 22.0. The van der Waals surface area contributed by atoms with E-state index < -0.39 is 35.4 Å². The van der Waals surface area contributed by atoms with E-state index in [1.807, 2.05) is 13.8 Å². The summed E-state index contributed by atoms with van der Waals surface area (Å²) in [4.78, 5) is 29.6. The lowest BCUT2D eigenvalue weighted by Gasteiger charge is -2.20. The average molecular weight is 552 g/mol. The van der Waals surface area contributed by atoms with Crippen LogP contribution in [0.15, 0.2) is 69.6 Å². The van der Waals surface area contributed by atoms with Crippen LogP contribution in [0, 0.1) is 5.92 Å². The molecule has 2 N–H and O–H groups in total. The summed E-state index contributed by atoms with van der Waals surface area (Å²) in [5, 5.41) is 0.0850. The highest BCUT2D eigenvalue weighted by Gasteiger charge is 2.30. The summed E-state index contributed by atoms with van der Waals surface area (Å²) in [5.74, 6) is 0.128. The SMILES string of the molecule is COc1cc(-n2ccnc(Sc3ccc(C(F)(F)F)cc3)c2=O)ccc1OCC(C)OC(=O)[C@@H](N)C(C)C. The Balaban J connectivity index is 1.74. The Labute approximate surface area is 221 Å². The number of hydrogen-bond acceptors (Lipinski definition) is 8. The Hall–Kier alpha value is -3.51. The summed E-state index contributed by atoms with van der Waals surface area (Å²) in [5.41, 5.74) is 5.03. The summed E-state index contributed by atoms with van der Waals surface area (Å²) < 4.78 is 56.3. The Morgan fingerprint density at radius 2 is 1.79 bits per heavy atom. The van der Waals surface area contributed by atoms with Gasteiger partial charge >= 0.3 is 12.1 Å². The Kier molecular flexibility index (Phi) is 9.45. The standard InChI is InChI=1S/C26H28F3N3O5S/c1-15(2)22(30)25(34)37-16(3)14-36-20-10-7-18(13-21(20)35-4)32-12-11-31-23(24(32)33)38-19-8-5-17(6-9-19)26(27,28)29/h5-13,15-16,22H,14,30H2,1-4H3/t16?,22-/m0/s1. The van der Waals surface area contributed by atoms with Crippen molar-refractivity contribution in [1.82, 2.24) is 9.55 Å². The highest BCUT2D eigenvalue weighted by atomic mass is 32.2. The lowest BCUT2D eigenvalue weighted by Crippen LogP contribution is -2.39. The van der Waals surface area contributed by atoms with Crippen LogP contribution in [0.1, 0.15) is 26.3 Å². The van der Waals surface area contributed by atoms with Crippen LogP contribution in [0.3, 0.4) is 0 Å². The van der Waals surface area contributed by atoms with Gasteiger partial charge in [-0.15, -0.1) is 0 Å². The third-order valence-electron chi connectivity index (χ3n) is 5.41. The summed E-state index contributed by atoms with van der Waals surface area (Å²) in [6, 6.07) is 8.59. The monoisotopic (exact) mass is 551 g/mol. The molecule has 0 radical (unpaired) electrons. The summed E-state index contributed by atoms with van der Waals surface area (Å²) in [6.07, 6.45) is -2.12. The van der Waals surface area contributed by atoms with Gasteiger partial charge in [-0.3, -0.25) is 14.2 Å². The van der Waals surface area contributed by atoms with Crippen LogP contribution in [0.2, 0.25) is 0 Å². The first-order chi connectivity index (χ1) is 17.9. The third kappa shape index (κ3) is 7.29. The number of nitrogens with zero attached hydrogens (tertiary/aromatic N) is 2. The van der Waals surface area contributed by atoms with Gasteiger partial charge in [0.2, 0.25) is 0 Å². The molecule has 0 bridgehead atoms. The average Bonchev–Trinajstić information content (AvgIpc) is 2.87. The van der Waals surface area contributed by atoms with Crippen molar-refractivity contribution in [2.45, 2.75) is 49.0 Å². The van der Waals surface area contributed by atoms with E-state index in [0.29, 0.717) is 22.1 Å². The molecule has 0 aliphatic heterocycles. The number of rotatable bonds is 10. The van der Waals surface area contributed by atoms with Crippen LogP contribution in [-0.4, -0.2) is 41.4 Å². The molecule has 0 fully saturated rings. The van der Waals surface area contributed by atoms with Crippen LogP contribution < -0.4 is 20.8 Å². The molecule has 1 heterocycles. The van der Waals surface area contributed by atoms with Crippen LogP contribution in [0.4, 0.5) is 13.2 Å². The molecule has 3 rings (SSSR count). The van der Waals surface area contributed by atoms with E-state index in [0.717, 1.165) is 23.9 Å². The van der Waals surface area contributed by atoms with E-state index in [2.05, 4.69) is 4.98 Å². The fraction of sp³-hybridized carbons (Fsp3) is 0.346. The molecule has 204 valence electrons. The number of hydrogen-bond donors (Lipinski definition) is 1. The first-order valence-electron chi connectivity index (χ1n) is 11.6. The van der Waals surface area contributed by atoms with Gasteiger partial charge in [-0.25, -0.2) is 4.98 Å². The van der Waals surface area contributed by atoms with Crippen molar-refractivity contribution in [3.63, 3.8) is 0 Å². The molecule has 1 aromatic heterocycles. The molecule has 2 atom stereocenters. The van der Waals surface area contributed by atoms with E-state index in [9.17, 15) is 22.8 Å². The molecular weight excluding hydrogens is 523 g/mol. The second-order valence-electron chi connectivity index (χ2n) is 8.70. The quantitative estimate of drug-likeness (QED) is 0.362. The fourth-order valence-corrected chi connectivity index (χ4v) is 4.00. The lowest BCUT2D eigenvalue weighted by atomic mass is 10.1. The number of halogens is 3. The number of carbonyl (C=O) groups excluding carboxylic acids is 1. The third-order valence-corrected chi connectivity index (χ3v) is 6.39. The number of alkyl halides is 3. The Bertz CT molecular complexity index is 1310. The first-order valence-corrected chi connectivity index (χ1v) is 12.4. The molecule has 3 aromatic rings. The molecule has 1 unspecified atom stereocenters. The van der Waals surface area contributed by atoms with Gasteiger partial charge in [-0.2, -0.15) is 13.2 Å². The maximum absolute atomic E-state index is 13.1. The predicted molar refractivity (Wildman–Crippen MR) is 136 cm³/mol. The van der Waals surface area contributed by atoms with Crippen molar-refractivity contribution in [1.29, 1.82) is 0 Å². The number of ether oxygens (including phenoxy) is 3. The molecule has 8 nitrogen and oxygen atoms in total. The van der Waals surface area contributed by atoms with E-state index in [4.69, 9.17) is 19.9 Å². The fourth-order valence-electron chi connectivity index (χ4n) is 3.21. The topological polar surface area (TPSA) is 106 Å². The van der Waals surface area contributed by atoms with Gasteiger partial charge < -0.3 is 19.9 Å². The maximum atomic E-state index is 13.1. The normalized spacial score (nSPS) is 13.2. The Morgan fingerprint density at radius 3 is 2.39 bits per heavy atom. The molecule has 0 spiro atoms. The van der Waals surface area contributed by atoms with E-state index in [-0.39, 0.29) is 17.6 Å². The molecule has 0 saturated carbocycles. The number of benzene rings is 2. The molecule has 0 amide bonds. The number of carbonyl (C=O) groups is 1. The summed E-state index contributed by atoms with van der Waals surface area (Å²) in [7, 11) is 1.44. The largest absolute Gasteiger partial charge is 0.493 e. The van der Waals surface area contributed by atoms with Gasteiger partial charge in [-0.05, 0) is 49.2 Å². The van der Waals surface area contributed by atoms with Gasteiger partial charge in [0.15, 0.2) is 16.5 Å². The summed E-state index contributed by atoms with van der Waals surface area (Å²) >= 11 is 0.957. The van der Waals surface area contributed by atoms with Crippen LogP contribution in [-0.2, 0) is 15.7 Å². The van der Waals surface area contributed by atoms with Gasteiger partial charge in [0, 0.05) is 23.4 Å². The molecule has 2 aromatic carbocycles. The predicted octanol–water partition coefficient (Wildman–Crippen LogP) is 4.70. The smallest absolute Gasteiger partial charge is 0.416 e. The van der Waals surface area contributed by atoms with Crippen molar-refractivity contribution in [3.8, 4) is 17.2 Å². The van der Waals surface area contributed by atoms with Crippen LogP contribution in [0.5, 0.6) is 11.5 Å². The zero-order chi connectivity index (χ0) is 28.0. The lowest BCUT2D eigenvalue weighted by molar-refractivity contribution is -0.152. The van der Waals surface area contributed by atoms with Crippen molar-refractivity contribution in [2.75, 3.05) is 13.7 Å². The van der Waals surface area contributed by atoms with Gasteiger partial charge in [0.1, 0.15) is 18.8 Å². The number of aromatic nitrogens is 2. The zero-order valence-electron chi connectivity index (χ0n) is 21.2. The molecule has 0 aliphatic rings. The minimum Gasteiger partial charge on any atom is -0.493 e. The van der Waals surface area contributed by atoms with Crippen molar-refractivity contribution in [2.24, 2.45) is 11.7 Å². The second kappa shape index (κ2) is 12.4. The minimum atomic E-state index is -4.44. The maximum Gasteiger partial charge on any atom is 0.416 e. The van der Waals surface area contributed by atoms with Crippen molar-refractivity contribution >= 4 is 17.7 Å². The molecule has 38 heavy (non-hydrogen) atoms. The van der Waals surface area contributed by atoms with Crippen molar-refractivity contribution in [3.05, 3.63) is 70.8 Å². The minimum absolute atomic E-state index is 0.0510. The molecule has 0 saturated heterocycles. The molecule has 0 aliphatic carbocycles. The van der Waals surface area contributed by atoms with Gasteiger partial charge in [-0.1, -0.05) is 25.6 Å². The first kappa shape index (κ1) is 29.1. The van der Waals surface area contributed by atoms with Crippen LogP contribution in [0.25, 0.3) is 5.69 Å². The van der Waals surface area contributed by atoms with Crippen LogP contribution >= 0.6 is 11.8 Å². The molecule has 12 heteroatoms. The highest BCUT2D eigenvalue weighted by molar-refractivity contribution is 7.99. The number of esters is 1. The van der Waals surface area contributed by atoms with Crippen molar-refractivity contribution < 1.29 is 32.2 Å². The van der Waals surface area contributed by atoms with E-state index in [1.165, 1.54) is 36.2 Å². The Morgan fingerprint density at radius 1 is 1.11 bits per heavy atom. The van der Waals surface area contributed by atoms with Gasteiger partial charge in [0.25, 0.3) is 5.56 Å². The van der Waals surface area contributed by atoms with E-state index >= 15 is 0 Å². The number of nitrogens with two attached hydrogens (primary N) is 1. The van der Waals surface area contributed by atoms with Gasteiger partial charge in [0.05, 0.1) is 18.4 Å². The highest BCUT2D eigenvalue weighted by Crippen LogP contribution is 2.32.